The van der Waals surface area contributed by atoms with Crippen LogP contribution in [0.1, 0.15) is 25.0 Å². The molecule has 256 valence electrons. The van der Waals surface area contributed by atoms with Crippen molar-refractivity contribution in [3.63, 3.8) is 0 Å². The lowest BCUT2D eigenvalue weighted by molar-refractivity contribution is 0.660. The van der Waals surface area contributed by atoms with E-state index >= 15 is 0 Å². The summed E-state index contributed by atoms with van der Waals surface area (Å²) in [5.41, 5.74) is 16.0. The maximum Gasteiger partial charge on any atom is 0.0543 e. The van der Waals surface area contributed by atoms with Crippen LogP contribution in [-0.4, -0.2) is 0 Å². The second-order valence-electron chi connectivity index (χ2n) is 14.9. The number of hydrogen-bond acceptors (Lipinski definition) is 1. The summed E-state index contributed by atoms with van der Waals surface area (Å²) in [6.07, 6.45) is 0. The number of hydrogen-bond donors (Lipinski definition) is 0. The van der Waals surface area contributed by atoms with Crippen molar-refractivity contribution >= 4 is 38.6 Å². The van der Waals surface area contributed by atoms with Crippen molar-refractivity contribution in [1.29, 1.82) is 0 Å². The molecule has 0 heterocycles. The summed E-state index contributed by atoms with van der Waals surface area (Å²) in [5, 5.41) is 5.04. The molecule has 0 radical (unpaired) electrons. The van der Waals surface area contributed by atoms with Crippen molar-refractivity contribution in [2.24, 2.45) is 0 Å². The molecule has 0 fully saturated rings. The summed E-state index contributed by atoms with van der Waals surface area (Å²) in [6, 6.07) is 73.4. The van der Waals surface area contributed by atoms with Crippen LogP contribution in [0.15, 0.2) is 200 Å². The van der Waals surface area contributed by atoms with Gasteiger partial charge in [-0.25, -0.2) is 0 Å². The van der Waals surface area contributed by atoms with Gasteiger partial charge in [0.05, 0.1) is 11.4 Å². The van der Waals surface area contributed by atoms with E-state index in [4.69, 9.17) is 0 Å². The Balaban J connectivity index is 1.15. The zero-order valence-corrected chi connectivity index (χ0v) is 30.5. The van der Waals surface area contributed by atoms with Gasteiger partial charge >= 0.3 is 0 Å². The Labute approximate surface area is 317 Å². The first-order chi connectivity index (χ1) is 26.6. The molecule has 0 aliphatic heterocycles. The minimum Gasteiger partial charge on any atom is -0.309 e. The van der Waals surface area contributed by atoms with Gasteiger partial charge < -0.3 is 4.90 Å². The fourth-order valence-electron chi connectivity index (χ4n) is 8.82. The second-order valence-corrected chi connectivity index (χ2v) is 14.9. The number of anilines is 3. The molecular weight excluding hydrogens is 651 g/mol. The van der Waals surface area contributed by atoms with Crippen LogP contribution in [0.3, 0.4) is 0 Å². The fourth-order valence-corrected chi connectivity index (χ4v) is 8.82. The normalized spacial score (nSPS) is 12.8. The maximum absolute atomic E-state index is 2.48. The highest BCUT2D eigenvalue weighted by molar-refractivity contribution is 6.00. The lowest BCUT2D eigenvalue weighted by Crippen LogP contribution is -2.16. The molecule has 0 bridgehead atoms. The van der Waals surface area contributed by atoms with Crippen LogP contribution in [0.25, 0.3) is 66.1 Å². The molecule has 0 saturated carbocycles. The van der Waals surface area contributed by atoms with Crippen LogP contribution in [0.4, 0.5) is 17.1 Å². The minimum absolute atomic E-state index is 0.108. The average Bonchev–Trinajstić information content (AvgIpc) is 3.47. The second kappa shape index (κ2) is 12.8. The molecule has 1 nitrogen and oxygen atoms in total. The number of para-hydroxylation sites is 1. The van der Waals surface area contributed by atoms with Gasteiger partial charge in [-0.1, -0.05) is 190 Å². The van der Waals surface area contributed by atoms with Crippen LogP contribution in [0.2, 0.25) is 0 Å². The average molecular weight is 690 g/mol. The zero-order chi connectivity index (χ0) is 36.2. The van der Waals surface area contributed by atoms with Gasteiger partial charge in [-0.15, -0.1) is 0 Å². The zero-order valence-electron chi connectivity index (χ0n) is 30.5. The Morgan fingerprint density at radius 3 is 1.41 bits per heavy atom. The van der Waals surface area contributed by atoms with Gasteiger partial charge in [0, 0.05) is 22.2 Å². The van der Waals surface area contributed by atoms with E-state index in [-0.39, 0.29) is 5.41 Å². The molecule has 0 amide bonds. The van der Waals surface area contributed by atoms with Crippen molar-refractivity contribution in [1.82, 2.24) is 0 Å². The number of rotatable bonds is 6. The summed E-state index contributed by atoms with van der Waals surface area (Å²) < 4.78 is 0. The van der Waals surface area contributed by atoms with E-state index in [9.17, 15) is 0 Å². The molecule has 1 aliphatic rings. The molecule has 0 N–H and O–H groups in total. The van der Waals surface area contributed by atoms with Gasteiger partial charge in [0.2, 0.25) is 0 Å². The van der Waals surface area contributed by atoms with Crippen LogP contribution in [0, 0.1) is 0 Å². The van der Waals surface area contributed by atoms with Crippen molar-refractivity contribution in [3.8, 4) is 44.5 Å². The van der Waals surface area contributed by atoms with Gasteiger partial charge in [0.25, 0.3) is 0 Å². The SMILES string of the molecule is CC1(C)c2ccccc2-c2c(N(c3ccc(-c4cccc5ccccc45)cc3)c3ccccc3-c3ccc(-c4cccc5ccccc45)cc3)cccc21. The number of fused-ring (bicyclic) bond motifs is 5. The Hall–Kier alpha value is -6.70. The maximum atomic E-state index is 2.48. The Morgan fingerprint density at radius 2 is 0.759 bits per heavy atom. The highest BCUT2D eigenvalue weighted by Gasteiger charge is 2.37. The van der Waals surface area contributed by atoms with Crippen LogP contribution in [-0.2, 0) is 5.41 Å². The first kappa shape index (κ1) is 32.0. The van der Waals surface area contributed by atoms with Gasteiger partial charge in [-0.05, 0) is 90.3 Å². The van der Waals surface area contributed by atoms with Crippen molar-refractivity contribution in [3.05, 3.63) is 211 Å². The molecule has 1 heteroatoms. The lowest BCUT2D eigenvalue weighted by Gasteiger charge is -2.30. The monoisotopic (exact) mass is 689 g/mol. The predicted molar refractivity (Wildman–Crippen MR) is 230 cm³/mol. The van der Waals surface area contributed by atoms with Crippen molar-refractivity contribution < 1.29 is 0 Å². The Kier molecular flexibility index (Phi) is 7.56. The molecule has 0 atom stereocenters. The summed E-state index contributed by atoms with van der Waals surface area (Å²) in [4.78, 5) is 2.48. The summed E-state index contributed by atoms with van der Waals surface area (Å²) in [7, 11) is 0. The van der Waals surface area contributed by atoms with Crippen molar-refractivity contribution in [2.45, 2.75) is 19.3 Å². The van der Waals surface area contributed by atoms with E-state index in [1.165, 1.54) is 82.9 Å². The van der Waals surface area contributed by atoms with E-state index in [0.717, 1.165) is 11.4 Å². The van der Waals surface area contributed by atoms with Crippen molar-refractivity contribution in [2.75, 3.05) is 4.90 Å². The fraction of sp³-hybridized carbons (Fsp3) is 0.0566. The first-order valence-electron chi connectivity index (χ1n) is 18.9. The molecule has 10 rings (SSSR count). The molecule has 0 spiro atoms. The van der Waals surface area contributed by atoms with E-state index < -0.39 is 0 Å². The molecule has 54 heavy (non-hydrogen) atoms. The molecule has 9 aromatic carbocycles. The third kappa shape index (κ3) is 5.16. The Morgan fingerprint density at radius 1 is 0.333 bits per heavy atom. The van der Waals surface area contributed by atoms with Crippen LogP contribution < -0.4 is 4.90 Å². The topological polar surface area (TPSA) is 3.24 Å². The van der Waals surface area contributed by atoms with E-state index in [2.05, 4.69) is 219 Å². The predicted octanol–water partition coefficient (Wildman–Crippen LogP) is 14.8. The molecular formula is C53H39N. The van der Waals surface area contributed by atoms with Crippen LogP contribution >= 0.6 is 0 Å². The molecule has 0 unspecified atom stereocenters. The number of benzene rings is 9. The van der Waals surface area contributed by atoms with Gasteiger partial charge in [0.15, 0.2) is 0 Å². The summed E-state index contributed by atoms with van der Waals surface area (Å²) in [5.74, 6) is 0. The van der Waals surface area contributed by atoms with E-state index in [0.29, 0.717) is 0 Å². The molecule has 1 aliphatic carbocycles. The molecule has 0 saturated heterocycles. The first-order valence-corrected chi connectivity index (χ1v) is 18.9. The largest absolute Gasteiger partial charge is 0.309 e. The standard InChI is InChI=1S/C53H39N/c1-53(2)48-24-9-7-21-47(48)52-49(53)25-13-27-51(52)54(41-34-32-39(33-35-41)45-23-12-17-37-15-4-6-19-43(37)45)50-26-10-8-20-46(50)40-30-28-38(29-31-40)44-22-11-16-36-14-3-5-18-42(36)44/h3-35H,1-2H3. The quantitative estimate of drug-likeness (QED) is 0.168. The van der Waals surface area contributed by atoms with E-state index in [1.807, 2.05) is 0 Å². The van der Waals surface area contributed by atoms with Crippen LogP contribution in [0.5, 0.6) is 0 Å². The third-order valence-corrected chi connectivity index (χ3v) is 11.5. The van der Waals surface area contributed by atoms with Gasteiger partial charge in [0.1, 0.15) is 0 Å². The smallest absolute Gasteiger partial charge is 0.0543 e. The number of nitrogens with zero attached hydrogens (tertiary/aromatic N) is 1. The van der Waals surface area contributed by atoms with E-state index in [1.54, 1.807) is 0 Å². The molecule has 0 aromatic heterocycles. The minimum atomic E-state index is -0.108. The third-order valence-electron chi connectivity index (χ3n) is 11.5. The van der Waals surface area contributed by atoms with Gasteiger partial charge in [-0.2, -0.15) is 0 Å². The summed E-state index contributed by atoms with van der Waals surface area (Å²) >= 11 is 0. The highest BCUT2D eigenvalue weighted by atomic mass is 15.1. The molecule has 9 aromatic rings. The van der Waals surface area contributed by atoms with Gasteiger partial charge in [-0.3, -0.25) is 0 Å². The summed E-state index contributed by atoms with van der Waals surface area (Å²) in [6.45, 7) is 4.71. The Bertz CT molecular complexity index is 2830. The lowest BCUT2D eigenvalue weighted by atomic mass is 9.82. The highest BCUT2D eigenvalue weighted by Crippen LogP contribution is 2.55.